The highest BCUT2D eigenvalue weighted by Crippen LogP contribution is 2.29. The number of benzene rings is 1. The molecule has 0 aliphatic heterocycles. The number of nitrogens with one attached hydrogen (secondary N) is 1. The third-order valence-electron chi connectivity index (χ3n) is 3.23. The second kappa shape index (κ2) is 4.75. The number of hydrogen-bond acceptors (Lipinski definition) is 3. The molecule has 5 nitrogen and oxygen atoms in total. The molecule has 0 fully saturated rings. The van der Waals surface area contributed by atoms with Gasteiger partial charge in [-0.1, -0.05) is 0 Å². The summed E-state index contributed by atoms with van der Waals surface area (Å²) < 4.78 is 10.7. The molecule has 0 amide bonds. The number of aromatic amines is 1. The highest BCUT2D eigenvalue weighted by Gasteiger charge is 2.14. The van der Waals surface area contributed by atoms with Gasteiger partial charge in [0.15, 0.2) is 10.4 Å². The van der Waals surface area contributed by atoms with Gasteiger partial charge in [-0.25, -0.2) is 4.68 Å². The van der Waals surface area contributed by atoms with Crippen molar-refractivity contribution in [3.8, 4) is 11.4 Å². The van der Waals surface area contributed by atoms with Crippen LogP contribution in [0.15, 0.2) is 22.7 Å². The Morgan fingerprint density at radius 1 is 1.40 bits per heavy atom. The average Bonchev–Trinajstić information content (AvgIpc) is 2.89. The normalized spacial score (nSPS) is 11.2. The van der Waals surface area contributed by atoms with E-state index in [1.807, 2.05) is 41.4 Å². The van der Waals surface area contributed by atoms with Crippen LogP contribution < -0.4 is 4.74 Å². The molecule has 0 atom stereocenters. The first-order valence-electron chi connectivity index (χ1n) is 6.01. The van der Waals surface area contributed by atoms with Gasteiger partial charge in [-0.05, 0) is 47.2 Å². The van der Waals surface area contributed by atoms with Crippen LogP contribution in [0.3, 0.4) is 0 Å². The average molecular weight is 353 g/mol. The molecule has 1 N–H and O–H groups in total. The fourth-order valence-corrected chi connectivity index (χ4v) is 3.04. The van der Waals surface area contributed by atoms with Crippen LogP contribution in [0.2, 0.25) is 0 Å². The van der Waals surface area contributed by atoms with Gasteiger partial charge in [0.25, 0.3) is 0 Å². The fraction of sp³-hybridized carbons (Fsp3) is 0.231. The molecule has 0 aliphatic rings. The lowest BCUT2D eigenvalue weighted by atomic mass is 10.3. The van der Waals surface area contributed by atoms with E-state index in [4.69, 9.17) is 17.0 Å². The van der Waals surface area contributed by atoms with Crippen molar-refractivity contribution >= 4 is 39.3 Å². The van der Waals surface area contributed by atoms with E-state index in [0.717, 1.165) is 32.8 Å². The lowest BCUT2D eigenvalue weighted by Gasteiger charge is -2.08. The van der Waals surface area contributed by atoms with E-state index >= 15 is 0 Å². The summed E-state index contributed by atoms with van der Waals surface area (Å²) in [5.41, 5.74) is 3.76. The number of imidazole rings is 1. The summed E-state index contributed by atoms with van der Waals surface area (Å²) in [5, 5.41) is 4.42. The molecule has 7 heteroatoms. The lowest BCUT2D eigenvalue weighted by Crippen LogP contribution is -2.01. The smallest absolute Gasteiger partial charge is 0.184 e. The van der Waals surface area contributed by atoms with Crippen LogP contribution in [0.5, 0.6) is 5.75 Å². The molecule has 0 bridgehead atoms. The number of fused-ring (bicyclic) bond motifs is 1. The molecule has 0 spiro atoms. The molecule has 0 unspecified atom stereocenters. The number of methoxy groups -OCH3 is 1. The largest absolute Gasteiger partial charge is 0.495 e. The predicted molar refractivity (Wildman–Crippen MR) is 84.2 cm³/mol. The Bertz CT molecular complexity index is 861. The van der Waals surface area contributed by atoms with E-state index in [2.05, 4.69) is 26.0 Å². The Hall–Kier alpha value is -1.60. The molecular formula is C13H13BrN4OS. The van der Waals surface area contributed by atoms with Crippen LogP contribution in [0.1, 0.15) is 5.69 Å². The third-order valence-corrected chi connectivity index (χ3v) is 4.17. The number of H-pyrrole nitrogens is 1. The summed E-state index contributed by atoms with van der Waals surface area (Å²) in [6, 6.07) is 5.87. The molecule has 3 rings (SSSR count). The first-order chi connectivity index (χ1) is 9.52. The number of ether oxygens (including phenoxy) is 1. The molecule has 0 aliphatic carbocycles. The van der Waals surface area contributed by atoms with Gasteiger partial charge in [-0.2, -0.15) is 5.10 Å². The van der Waals surface area contributed by atoms with Gasteiger partial charge in [-0.3, -0.25) is 4.57 Å². The van der Waals surface area contributed by atoms with E-state index in [-0.39, 0.29) is 0 Å². The monoisotopic (exact) mass is 352 g/mol. The second-order valence-corrected chi connectivity index (χ2v) is 5.73. The number of rotatable bonds is 2. The number of halogens is 1. The zero-order chi connectivity index (χ0) is 14.4. The topological polar surface area (TPSA) is 47.8 Å². The van der Waals surface area contributed by atoms with Crippen LogP contribution in [0, 0.1) is 11.7 Å². The summed E-state index contributed by atoms with van der Waals surface area (Å²) in [6.07, 6.45) is 0. The molecular weight excluding hydrogens is 340 g/mol. The molecule has 20 heavy (non-hydrogen) atoms. The number of aromatic nitrogens is 4. The van der Waals surface area contributed by atoms with Crippen molar-refractivity contribution < 1.29 is 4.74 Å². The molecule has 104 valence electrons. The van der Waals surface area contributed by atoms with E-state index in [0.29, 0.717) is 4.77 Å². The number of aryl methyl sites for hydroxylation is 2. The van der Waals surface area contributed by atoms with E-state index in [1.165, 1.54) is 0 Å². The van der Waals surface area contributed by atoms with Crippen LogP contribution in [-0.2, 0) is 7.05 Å². The SMILES string of the molecule is COc1cc(-n2c(=S)[nH]c3c(C)nn(C)c32)ccc1Br. The van der Waals surface area contributed by atoms with Crippen molar-refractivity contribution in [2.24, 2.45) is 7.05 Å². The molecule has 2 heterocycles. The van der Waals surface area contributed by atoms with Crippen LogP contribution in [0.4, 0.5) is 0 Å². The highest BCUT2D eigenvalue weighted by molar-refractivity contribution is 9.10. The van der Waals surface area contributed by atoms with Gasteiger partial charge >= 0.3 is 0 Å². The van der Waals surface area contributed by atoms with Crippen LogP contribution in [0.25, 0.3) is 16.9 Å². The van der Waals surface area contributed by atoms with Crippen molar-refractivity contribution in [3.05, 3.63) is 33.1 Å². The molecule has 3 aromatic rings. The first kappa shape index (κ1) is 13.4. The summed E-state index contributed by atoms with van der Waals surface area (Å²) in [5.74, 6) is 0.762. The predicted octanol–water partition coefficient (Wildman–Crippen LogP) is 3.50. The minimum atomic E-state index is 0.639. The standard InChI is InChI=1S/C13H13BrN4OS/c1-7-11-12(17(2)16-7)18(13(20)15-11)8-4-5-9(14)10(6-8)19-3/h4-6H,1-3H3,(H,15,20). The van der Waals surface area contributed by atoms with Crippen molar-refractivity contribution in [2.75, 3.05) is 7.11 Å². The number of nitrogens with zero attached hydrogens (tertiary/aromatic N) is 3. The molecule has 0 saturated heterocycles. The van der Waals surface area contributed by atoms with Crippen molar-refractivity contribution in [2.45, 2.75) is 6.92 Å². The van der Waals surface area contributed by atoms with Gasteiger partial charge in [0.05, 0.1) is 23.0 Å². The molecule has 1 aromatic carbocycles. The summed E-state index contributed by atoms with van der Waals surface area (Å²) in [7, 11) is 3.55. The zero-order valence-corrected chi connectivity index (χ0v) is 13.7. The van der Waals surface area contributed by atoms with Crippen LogP contribution in [-0.4, -0.2) is 26.4 Å². The first-order valence-corrected chi connectivity index (χ1v) is 7.21. The Balaban J connectivity index is 2.34. The molecule has 0 saturated carbocycles. The number of hydrogen-bond donors (Lipinski definition) is 1. The van der Waals surface area contributed by atoms with Gasteiger partial charge in [0, 0.05) is 13.1 Å². The van der Waals surface area contributed by atoms with Gasteiger partial charge in [-0.15, -0.1) is 0 Å². The van der Waals surface area contributed by atoms with Gasteiger partial charge in [0.1, 0.15) is 11.3 Å². The van der Waals surface area contributed by atoms with Gasteiger partial charge < -0.3 is 9.72 Å². The van der Waals surface area contributed by atoms with E-state index in [1.54, 1.807) is 7.11 Å². The van der Waals surface area contributed by atoms with Crippen molar-refractivity contribution in [3.63, 3.8) is 0 Å². The maximum Gasteiger partial charge on any atom is 0.184 e. The highest BCUT2D eigenvalue weighted by atomic mass is 79.9. The Labute approximate surface area is 129 Å². The zero-order valence-electron chi connectivity index (χ0n) is 11.3. The Kier molecular flexibility index (Phi) is 3.18. The maximum atomic E-state index is 5.43. The van der Waals surface area contributed by atoms with Crippen LogP contribution >= 0.6 is 28.1 Å². The Morgan fingerprint density at radius 3 is 2.85 bits per heavy atom. The Morgan fingerprint density at radius 2 is 2.15 bits per heavy atom. The molecule has 0 radical (unpaired) electrons. The van der Waals surface area contributed by atoms with Crippen molar-refractivity contribution in [1.29, 1.82) is 0 Å². The van der Waals surface area contributed by atoms with Gasteiger partial charge in [0.2, 0.25) is 0 Å². The second-order valence-electron chi connectivity index (χ2n) is 4.49. The van der Waals surface area contributed by atoms with E-state index < -0.39 is 0 Å². The third kappa shape index (κ3) is 1.89. The minimum Gasteiger partial charge on any atom is -0.495 e. The summed E-state index contributed by atoms with van der Waals surface area (Å²) in [4.78, 5) is 3.21. The maximum absolute atomic E-state index is 5.43. The lowest BCUT2D eigenvalue weighted by molar-refractivity contribution is 0.412. The van der Waals surface area contributed by atoms with Crippen molar-refractivity contribution in [1.82, 2.24) is 19.3 Å². The quantitative estimate of drug-likeness (QED) is 0.718. The minimum absolute atomic E-state index is 0.639. The summed E-state index contributed by atoms with van der Waals surface area (Å²) in [6.45, 7) is 1.96. The molecule has 2 aromatic heterocycles. The fourth-order valence-electron chi connectivity index (χ4n) is 2.33. The van der Waals surface area contributed by atoms with E-state index in [9.17, 15) is 0 Å². The summed E-state index contributed by atoms with van der Waals surface area (Å²) >= 11 is 8.89.